The summed E-state index contributed by atoms with van der Waals surface area (Å²) in [6.07, 6.45) is 1.40. The molecular weight excluding hydrogens is 321 g/mol. The van der Waals surface area contributed by atoms with Gasteiger partial charge in [-0.1, -0.05) is 6.42 Å². The van der Waals surface area contributed by atoms with Crippen LogP contribution in [0.4, 0.5) is 30.6 Å². The van der Waals surface area contributed by atoms with Gasteiger partial charge in [-0.2, -0.15) is 23.3 Å². The van der Waals surface area contributed by atoms with Gasteiger partial charge in [-0.15, -0.1) is 0 Å². The molecule has 1 aliphatic carbocycles. The molecule has 2 heterocycles. The lowest BCUT2D eigenvalue weighted by atomic mass is 9.82. The maximum absolute atomic E-state index is 13.0. The minimum Gasteiger partial charge on any atom is -0.370 e. The smallest absolute Gasteiger partial charge is 0.370 e. The number of hydrogen-bond acceptors (Lipinski definition) is 5. The van der Waals surface area contributed by atoms with E-state index in [1.165, 1.54) is 6.42 Å². The van der Waals surface area contributed by atoms with Crippen molar-refractivity contribution >= 4 is 17.5 Å². The van der Waals surface area contributed by atoms with E-state index in [1.54, 1.807) is 17.8 Å². The SMILES string of the molecule is CCNc1nc(Nc2cn(C)nc2C2CCC2)ncc1C(F)(F)F. The van der Waals surface area contributed by atoms with Gasteiger partial charge in [-0.25, -0.2) is 4.98 Å². The number of nitrogens with one attached hydrogen (secondary N) is 2. The Morgan fingerprint density at radius 2 is 2.08 bits per heavy atom. The van der Waals surface area contributed by atoms with Crippen LogP contribution in [0, 0.1) is 0 Å². The minimum atomic E-state index is -4.50. The normalized spacial score (nSPS) is 15.2. The molecule has 130 valence electrons. The molecule has 2 aromatic rings. The van der Waals surface area contributed by atoms with Crippen LogP contribution in [0.5, 0.6) is 0 Å². The fourth-order valence-electron chi connectivity index (χ4n) is 2.66. The number of nitrogens with zero attached hydrogens (tertiary/aromatic N) is 4. The van der Waals surface area contributed by atoms with Crippen LogP contribution in [0.15, 0.2) is 12.4 Å². The summed E-state index contributed by atoms with van der Waals surface area (Å²) in [5, 5.41) is 10.1. The van der Waals surface area contributed by atoms with E-state index in [0.29, 0.717) is 12.5 Å². The first-order chi connectivity index (χ1) is 11.4. The molecule has 0 atom stereocenters. The number of halogens is 3. The summed E-state index contributed by atoms with van der Waals surface area (Å²) >= 11 is 0. The van der Waals surface area contributed by atoms with E-state index >= 15 is 0 Å². The summed E-state index contributed by atoms with van der Waals surface area (Å²) in [6.45, 7) is 2.05. The first-order valence-corrected chi connectivity index (χ1v) is 7.87. The summed E-state index contributed by atoms with van der Waals surface area (Å²) in [7, 11) is 1.81. The third-order valence-electron chi connectivity index (χ3n) is 4.03. The van der Waals surface area contributed by atoms with Crippen LogP contribution in [-0.2, 0) is 13.2 Å². The van der Waals surface area contributed by atoms with E-state index < -0.39 is 11.7 Å². The summed E-state index contributed by atoms with van der Waals surface area (Å²) < 4.78 is 40.7. The van der Waals surface area contributed by atoms with Gasteiger partial charge in [0.15, 0.2) is 0 Å². The highest BCUT2D eigenvalue weighted by Crippen LogP contribution is 2.39. The lowest BCUT2D eigenvalue weighted by Gasteiger charge is -2.24. The number of anilines is 3. The van der Waals surface area contributed by atoms with Gasteiger partial charge in [0.1, 0.15) is 11.4 Å². The Bertz CT molecular complexity index is 720. The Morgan fingerprint density at radius 1 is 1.33 bits per heavy atom. The monoisotopic (exact) mass is 340 g/mol. The van der Waals surface area contributed by atoms with Crippen LogP contribution in [0.25, 0.3) is 0 Å². The molecule has 24 heavy (non-hydrogen) atoms. The standard InChI is InChI=1S/C15H19F3N6/c1-3-19-13-10(15(16,17)18)7-20-14(22-13)21-11-8-24(2)23-12(11)9-5-4-6-9/h7-9H,3-6H2,1-2H3,(H2,19,20,21,22). The fourth-order valence-corrected chi connectivity index (χ4v) is 2.66. The molecule has 0 unspecified atom stereocenters. The fraction of sp³-hybridized carbons (Fsp3) is 0.533. The third-order valence-corrected chi connectivity index (χ3v) is 4.03. The molecular formula is C15H19F3N6. The molecule has 0 aromatic carbocycles. The molecule has 1 aliphatic rings. The Labute approximate surface area is 137 Å². The molecule has 9 heteroatoms. The first kappa shape index (κ1) is 16.5. The topological polar surface area (TPSA) is 67.7 Å². The summed E-state index contributed by atoms with van der Waals surface area (Å²) in [5.41, 5.74) is 0.780. The van der Waals surface area contributed by atoms with Crippen LogP contribution in [0.3, 0.4) is 0 Å². The summed E-state index contributed by atoms with van der Waals surface area (Å²) in [5.74, 6) is 0.278. The van der Waals surface area contributed by atoms with E-state index in [9.17, 15) is 13.2 Å². The Balaban J connectivity index is 1.89. The van der Waals surface area contributed by atoms with Crippen molar-refractivity contribution in [2.45, 2.75) is 38.3 Å². The molecule has 2 N–H and O–H groups in total. The molecule has 0 aliphatic heterocycles. The van der Waals surface area contributed by atoms with Crippen molar-refractivity contribution in [1.82, 2.24) is 19.7 Å². The molecule has 2 aromatic heterocycles. The summed E-state index contributed by atoms with van der Waals surface area (Å²) in [6, 6.07) is 0. The van der Waals surface area contributed by atoms with Gasteiger partial charge < -0.3 is 10.6 Å². The number of rotatable bonds is 5. The van der Waals surface area contributed by atoms with Crippen molar-refractivity contribution in [3.8, 4) is 0 Å². The largest absolute Gasteiger partial charge is 0.421 e. The zero-order valence-electron chi connectivity index (χ0n) is 13.5. The van der Waals surface area contributed by atoms with E-state index in [-0.39, 0.29) is 11.8 Å². The van der Waals surface area contributed by atoms with E-state index in [0.717, 1.165) is 30.4 Å². The van der Waals surface area contributed by atoms with Gasteiger partial charge in [-0.05, 0) is 19.8 Å². The number of aryl methyl sites for hydroxylation is 1. The zero-order chi connectivity index (χ0) is 17.3. The first-order valence-electron chi connectivity index (χ1n) is 7.87. The predicted octanol–water partition coefficient (Wildman–Crippen LogP) is 3.67. The highest BCUT2D eigenvalue weighted by Gasteiger charge is 2.35. The molecule has 0 amide bonds. The van der Waals surface area contributed by atoms with Crippen molar-refractivity contribution in [2.75, 3.05) is 17.2 Å². The molecule has 0 spiro atoms. The second kappa shape index (κ2) is 6.29. The third kappa shape index (κ3) is 3.29. The lowest BCUT2D eigenvalue weighted by Crippen LogP contribution is -2.15. The summed E-state index contributed by atoms with van der Waals surface area (Å²) in [4.78, 5) is 7.80. The molecule has 0 bridgehead atoms. The number of alkyl halides is 3. The average molecular weight is 340 g/mol. The second-order valence-electron chi connectivity index (χ2n) is 5.84. The second-order valence-corrected chi connectivity index (χ2v) is 5.84. The van der Waals surface area contributed by atoms with Gasteiger partial charge in [0.05, 0.1) is 11.4 Å². The van der Waals surface area contributed by atoms with Crippen LogP contribution < -0.4 is 10.6 Å². The van der Waals surface area contributed by atoms with Crippen molar-refractivity contribution in [3.63, 3.8) is 0 Å². The number of aromatic nitrogens is 4. The van der Waals surface area contributed by atoms with E-state index in [4.69, 9.17) is 0 Å². The lowest BCUT2D eigenvalue weighted by molar-refractivity contribution is -0.137. The molecule has 3 rings (SSSR count). The molecule has 1 fully saturated rings. The van der Waals surface area contributed by atoms with Gasteiger partial charge in [0.2, 0.25) is 5.95 Å². The molecule has 0 saturated heterocycles. The highest BCUT2D eigenvalue weighted by molar-refractivity contribution is 5.59. The molecule has 0 radical (unpaired) electrons. The highest BCUT2D eigenvalue weighted by atomic mass is 19.4. The minimum absolute atomic E-state index is 0.118. The van der Waals surface area contributed by atoms with Crippen LogP contribution in [-0.4, -0.2) is 26.3 Å². The Morgan fingerprint density at radius 3 is 2.67 bits per heavy atom. The van der Waals surface area contributed by atoms with Crippen LogP contribution >= 0.6 is 0 Å². The average Bonchev–Trinajstić information content (AvgIpc) is 2.76. The molecule has 1 saturated carbocycles. The predicted molar refractivity (Wildman–Crippen MR) is 84.3 cm³/mol. The van der Waals surface area contributed by atoms with Crippen molar-refractivity contribution in [2.24, 2.45) is 7.05 Å². The molecule has 6 nitrogen and oxygen atoms in total. The van der Waals surface area contributed by atoms with Gasteiger partial charge >= 0.3 is 6.18 Å². The number of hydrogen-bond donors (Lipinski definition) is 2. The van der Waals surface area contributed by atoms with Crippen LogP contribution in [0.2, 0.25) is 0 Å². The van der Waals surface area contributed by atoms with Crippen LogP contribution in [0.1, 0.15) is 43.4 Å². The van der Waals surface area contributed by atoms with Crippen molar-refractivity contribution in [3.05, 3.63) is 23.7 Å². The van der Waals surface area contributed by atoms with Crippen molar-refractivity contribution < 1.29 is 13.2 Å². The van der Waals surface area contributed by atoms with Gasteiger partial charge in [-0.3, -0.25) is 4.68 Å². The van der Waals surface area contributed by atoms with E-state index in [1.807, 2.05) is 7.05 Å². The zero-order valence-corrected chi connectivity index (χ0v) is 13.5. The van der Waals surface area contributed by atoms with Gasteiger partial charge in [0.25, 0.3) is 0 Å². The maximum Gasteiger partial charge on any atom is 0.421 e. The Kier molecular flexibility index (Phi) is 4.33. The van der Waals surface area contributed by atoms with Gasteiger partial charge in [0, 0.05) is 31.9 Å². The Hall–Kier alpha value is -2.32. The maximum atomic E-state index is 13.0. The van der Waals surface area contributed by atoms with E-state index in [2.05, 4.69) is 25.7 Å². The van der Waals surface area contributed by atoms with Crippen molar-refractivity contribution in [1.29, 1.82) is 0 Å². The quantitative estimate of drug-likeness (QED) is 0.869.